The number of hydrogen-bond donors (Lipinski definition) is 0. The van der Waals surface area contributed by atoms with Gasteiger partial charge in [-0.15, -0.1) is 11.6 Å². The highest BCUT2D eigenvalue weighted by Gasteiger charge is 1.93. The van der Waals surface area contributed by atoms with Crippen molar-refractivity contribution in [3.05, 3.63) is 0 Å². The average molecular weight is 153 g/mol. The van der Waals surface area contributed by atoms with Crippen LogP contribution in [0.25, 0.3) is 0 Å². The predicted molar refractivity (Wildman–Crippen MR) is 34.2 cm³/mol. The van der Waals surface area contributed by atoms with E-state index in [1.807, 2.05) is 0 Å². The fourth-order valence-corrected chi connectivity index (χ4v) is 0.202. The van der Waals surface area contributed by atoms with Gasteiger partial charge in [-0.1, -0.05) is 0 Å². The van der Waals surface area contributed by atoms with E-state index in [4.69, 9.17) is 0 Å². The average Bonchev–Trinajstić information content (AvgIpc) is 1.68. The third-order valence-corrected chi connectivity index (χ3v) is 0.287. The van der Waals surface area contributed by atoms with Crippen LogP contribution in [0.4, 0.5) is 0 Å². The second kappa shape index (κ2) is 7.43. The van der Waals surface area contributed by atoms with Gasteiger partial charge in [0.1, 0.15) is 0 Å². The third-order valence-electron chi connectivity index (χ3n) is 0.287. The second-order valence-corrected chi connectivity index (χ2v) is 1.09. The molecule has 3 nitrogen and oxygen atoms in total. The number of hydrogen-bond acceptors (Lipinski definition) is 3. The fraction of sp³-hybridized carbons (Fsp3) is 0.600. The zero-order chi connectivity index (χ0) is 7.86. The van der Waals surface area contributed by atoms with Crippen LogP contribution in [0.3, 0.4) is 0 Å². The summed E-state index contributed by atoms with van der Waals surface area (Å²) in [7, 11) is 0. The molecule has 0 saturated carbocycles. The van der Waals surface area contributed by atoms with Gasteiger partial charge < -0.3 is 4.74 Å². The Hall–Kier alpha value is -0.570. The highest BCUT2D eigenvalue weighted by Crippen LogP contribution is 1.73. The summed E-state index contributed by atoms with van der Waals surface area (Å²) < 4.78 is 3.97. The van der Waals surface area contributed by atoms with E-state index in [1.54, 1.807) is 0 Å². The van der Waals surface area contributed by atoms with Crippen molar-refractivity contribution in [2.75, 3.05) is 6.38 Å². The molecule has 54 valence electrons. The molecule has 0 heterocycles. The van der Waals surface area contributed by atoms with Gasteiger partial charge in [0.05, 0.1) is 0 Å². The number of carbonyl (C=O) groups excluding carboxylic acids is 2. The Kier molecular flexibility index (Phi) is 9.29. The molecule has 9 heavy (non-hydrogen) atoms. The van der Waals surface area contributed by atoms with Gasteiger partial charge in [-0.3, -0.25) is 9.59 Å². The van der Waals surface area contributed by atoms with Crippen LogP contribution in [0.1, 0.15) is 13.8 Å². The minimum Gasteiger partial charge on any atom is -0.394 e. The van der Waals surface area contributed by atoms with Gasteiger partial charge in [0, 0.05) is 20.2 Å². The quantitative estimate of drug-likeness (QED) is 0.295. The fourth-order valence-electron chi connectivity index (χ4n) is 0.202. The Morgan fingerprint density at radius 3 is 1.33 bits per heavy atom. The molecule has 0 aromatic carbocycles. The maximum atomic E-state index is 9.81. The SMILES string of the molecule is CC(=O)OC(C)=O.CCl. The van der Waals surface area contributed by atoms with Crippen LogP contribution in [0.2, 0.25) is 0 Å². The van der Waals surface area contributed by atoms with Gasteiger partial charge in [-0.25, -0.2) is 0 Å². The summed E-state index contributed by atoms with van der Waals surface area (Å²) in [4.78, 5) is 19.6. The van der Waals surface area contributed by atoms with Gasteiger partial charge >= 0.3 is 11.9 Å². The van der Waals surface area contributed by atoms with E-state index in [2.05, 4.69) is 16.3 Å². The molecule has 0 radical (unpaired) electrons. The summed E-state index contributed by atoms with van der Waals surface area (Å²) in [5.41, 5.74) is 0. The minimum absolute atomic E-state index is 0.562. The lowest BCUT2D eigenvalue weighted by molar-refractivity contribution is -0.156. The number of alkyl halides is 1. The lowest BCUT2D eigenvalue weighted by atomic mass is 10.7. The van der Waals surface area contributed by atoms with Crippen LogP contribution in [0.15, 0.2) is 0 Å². The first-order chi connectivity index (χ1) is 4.13. The van der Waals surface area contributed by atoms with E-state index >= 15 is 0 Å². The van der Waals surface area contributed by atoms with Crippen molar-refractivity contribution >= 4 is 23.5 Å². The highest BCUT2D eigenvalue weighted by molar-refractivity contribution is 6.15. The molecule has 0 aromatic rings. The highest BCUT2D eigenvalue weighted by atomic mass is 35.5. The van der Waals surface area contributed by atoms with Crippen molar-refractivity contribution in [3.63, 3.8) is 0 Å². The van der Waals surface area contributed by atoms with Crippen molar-refractivity contribution in [1.29, 1.82) is 0 Å². The van der Waals surface area contributed by atoms with Crippen molar-refractivity contribution < 1.29 is 14.3 Å². The van der Waals surface area contributed by atoms with Gasteiger partial charge in [0.25, 0.3) is 0 Å². The van der Waals surface area contributed by atoms with Gasteiger partial charge in [0.15, 0.2) is 0 Å². The van der Waals surface area contributed by atoms with E-state index in [1.165, 1.54) is 20.2 Å². The predicted octanol–water partition coefficient (Wildman–Crippen LogP) is 0.951. The monoisotopic (exact) mass is 152 g/mol. The molecule has 0 unspecified atom stereocenters. The molecule has 0 rings (SSSR count). The van der Waals surface area contributed by atoms with Crippen molar-refractivity contribution in [2.24, 2.45) is 0 Å². The van der Waals surface area contributed by atoms with Gasteiger partial charge in [-0.05, 0) is 0 Å². The molecule has 0 aliphatic rings. The topological polar surface area (TPSA) is 43.4 Å². The largest absolute Gasteiger partial charge is 0.394 e. The van der Waals surface area contributed by atoms with Crippen molar-refractivity contribution in [2.45, 2.75) is 13.8 Å². The Morgan fingerprint density at radius 2 is 1.33 bits per heavy atom. The van der Waals surface area contributed by atoms with E-state index in [9.17, 15) is 9.59 Å². The molecule has 0 saturated heterocycles. The molecule has 4 heteroatoms. The number of halogens is 1. The van der Waals surface area contributed by atoms with Gasteiger partial charge in [-0.2, -0.15) is 0 Å². The zero-order valence-corrected chi connectivity index (χ0v) is 6.36. The molecule has 0 aromatic heterocycles. The molecule has 0 aliphatic heterocycles. The molecular formula is C5H9ClO3. The Balaban J connectivity index is 0. The summed E-state index contributed by atoms with van der Waals surface area (Å²) in [5, 5.41) is 0. The normalized spacial score (nSPS) is 6.67. The maximum absolute atomic E-state index is 9.81. The smallest absolute Gasteiger partial charge is 0.310 e. The van der Waals surface area contributed by atoms with Crippen LogP contribution in [-0.4, -0.2) is 18.3 Å². The van der Waals surface area contributed by atoms with E-state index < -0.39 is 11.9 Å². The Morgan fingerprint density at radius 1 is 1.11 bits per heavy atom. The molecule has 0 bridgehead atoms. The molecular weight excluding hydrogens is 144 g/mol. The number of esters is 2. The summed E-state index contributed by atoms with van der Waals surface area (Å²) in [6, 6.07) is 0. The number of ether oxygens (including phenoxy) is 1. The van der Waals surface area contributed by atoms with Gasteiger partial charge in [0.2, 0.25) is 0 Å². The van der Waals surface area contributed by atoms with Crippen LogP contribution in [0.5, 0.6) is 0 Å². The first-order valence-corrected chi connectivity index (χ1v) is 2.95. The first kappa shape index (κ1) is 11.3. The Bertz CT molecular complexity index is 88.4. The summed E-state index contributed by atoms with van der Waals surface area (Å²) in [6.07, 6.45) is 1.47. The lowest BCUT2D eigenvalue weighted by Gasteiger charge is -1.87. The maximum Gasteiger partial charge on any atom is 0.310 e. The zero-order valence-electron chi connectivity index (χ0n) is 5.60. The van der Waals surface area contributed by atoms with Crippen LogP contribution >= 0.6 is 11.6 Å². The first-order valence-electron chi connectivity index (χ1n) is 2.19. The molecule has 0 atom stereocenters. The molecule has 0 amide bonds. The third kappa shape index (κ3) is 18.6. The van der Waals surface area contributed by atoms with Crippen molar-refractivity contribution in [3.8, 4) is 0 Å². The molecule has 0 aliphatic carbocycles. The van der Waals surface area contributed by atoms with Crippen LogP contribution in [-0.2, 0) is 14.3 Å². The van der Waals surface area contributed by atoms with Crippen LogP contribution in [0, 0.1) is 0 Å². The molecule has 0 N–H and O–H groups in total. The minimum atomic E-state index is -0.562. The van der Waals surface area contributed by atoms with Crippen LogP contribution < -0.4 is 0 Å². The summed E-state index contributed by atoms with van der Waals surface area (Å²) in [5.74, 6) is -1.12. The molecule has 0 fully saturated rings. The summed E-state index contributed by atoms with van der Waals surface area (Å²) >= 11 is 4.64. The second-order valence-electron chi connectivity index (χ2n) is 1.09. The van der Waals surface area contributed by atoms with E-state index in [0.717, 1.165) is 0 Å². The van der Waals surface area contributed by atoms with E-state index in [-0.39, 0.29) is 0 Å². The summed E-state index contributed by atoms with van der Waals surface area (Å²) in [6.45, 7) is 2.36. The van der Waals surface area contributed by atoms with Crippen molar-refractivity contribution in [1.82, 2.24) is 0 Å². The number of carbonyl (C=O) groups is 2. The Labute approximate surface area is 58.9 Å². The lowest BCUT2D eigenvalue weighted by Crippen LogP contribution is -2.03. The standard InChI is InChI=1S/C4H6O3.CH3Cl/c1-3(5)7-4(2)6;1-2/h1-2H3;1H3. The van der Waals surface area contributed by atoms with E-state index in [0.29, 0.717) is 0 Å². The molecule has 0 spiro atoms. The number of rotatable bonds is 0.